The van der Waals surface area contributed by atoms with Crippen LogP contribution in [-0.4, -0.2) is 40.1 Å². The van der Waals surface area contributed by atoms with Crippen LogP contribution in [0.4, 0.5) is 0 Å². The zero-order valence-corrected chi connectivity index (χ0v) is 9.34. The van der Waals surface area contributed by atoms with Gasteiger partial charge in [-0.2, -0.15) is 0 Å². The van der Waals surface area contributed by atoms with Gasteiger partial charge in [-0.25, -0.2) is 0 Å². The van der Waals surface area contributed by atoms with E-state index >= 15 is 0 Å². The fourth-order valence-electron chi connectivity index (χ4n) is 1.16. The molecule has 5 heteroatoms. The highest BCUT2D eigenvalue weighted by Gasteiger charge is 2.20. The highest BCUT2D eigenvalue weighted by atomic mass is 32.1. The molecule has 0 atom stereocenters. The summed E-state index contributed by atoms with van der Waals surface area (Å²) in [6, 6.07) is 0. The van der Waals surface area contributed by atoms with Crippen molar-refractivity contribution in [2.75, 3.05) is 13.6 Å². The van der Waals surface area contributed by atoms with Crippen LogP contribution >= 0.6 is 11.3 Å². The number of likely N-dealkylation sites (N-methyl/N-ethyl adjacent to an activating group) is 1. The first-order valence-corrected chi connectivity index (χ1v) is 5.14. The molecule has 78 valence electrons. The molecule has 0 aliphatic carbocycles. The molecule has 0 aliphatic rings. The maximum absolute atomic E-state index is 11.7. The number of aliphatic hydroxyl groups is 1. The SMILES string of the molecule is CN(CC(C)(C)O)C(=O)c1cncs1. The lowest BCUT2D eigenvalue weighted by Crippen LogP contribution is -2.39. The van der Waals surface area contributed by atoms with Crippen LogP contribution in [0.5, 0.6) is 0 Å². The van der Waals surface area contributed by atoms with Crippen molar-refractivity contribution in [3.05, 3.63) is 16.6 Å². The van der Waals surface area contributed by atoms with Gasteiger partial charge in [0.2, 0.25) is 0 Å². The van der Waals surface area contributed by atoms with Crippen LogP contribution in [0.1, 0.15) is 23.5 Å². The lowest BCUT2D eigenvalue weighted by atomic mass is 10.1. The number of hydrogen-bond donors (Lipinski definition) is 1. The van der Waals surface area contributed by atoms with Crippen molar-refractivity contribution >= 4 is 17.2 Å². The Morgan fingerprint density at radius 2 is 2.36 bits per heavy atom. The maximum Gasteiger partial charge on any atom is 0.265 e. The zero-order valence-electron chi connectivity index (χ0n) is 8.52. The van der Waals surface area contributed by atoms with E-state index in [0.717, 1.165) is 0 Å². The fourth-order valence-corrected chi connectivity index (χ4v) is 1.78. The van der Waals surface area contributed by atoms with Gasteiger partial charge in [-0.3, -0.25) is 9.78 Å². The monoisotopic (exact) mass is 214 g/mol. The molecule has 0 saturated carbocycles. The Bertz CT molecular complexity index is 303. The minimum absolute atomic E-state index is 0.102. The van der Waals surface area contributed by atoms with Gasteiger partial charge in [0, 0.05) is 13.6 Å². The van der Waals surface area contributed by atoms with E-state index in [-0.39, 0.29) is 5.91 Å². The number of nitrogens with zero attached hydrogens (tertiary/aromatic N) is 2. The van der Waals surface area contributed by atoms with Crippen LogP contribution < -0.4 is 0 Å². The summed E-state index contributed by atoms with van der Waals surface area (Å²) in [6.07, 6.45) is 1.54. The van der Waals surface area contributed by atoms with Crippen molar-refractivity contribution in [2.45, 2.75) is 19.4 Å². The zero-order chi connectivity index (χ0) is 10.8. The molecule has 1 heterocycles. The molecule has 1 aromatic rings. The Kier molecular flexibility index (Phi) is 3.23. The molecule has 14 heavy (non-hydrogen) atoms. The van der Waals surface area contributed by atoms with E-state index in [9.17, 15) is 9.90 Å². The molecule has 4 nitrogen and oxygen atoms in total. The van der Waals surface area contributed by atoms with Crippen LogP contribution in [0.25, 0.3) is 0 Å². The Labute approximate surface area is 87.2 Å². The normalized spacial score (nSPS) is 11.4. The van der Waals surface area contributed by atoms with Gasteiger partial charge in [-0.15, -0.1) is 11.3 Å². The molecule has 0 saturated heterocycles. The van der Waals surface area contributed by atoms with Gasteiger partial charge in [0.1, 0.15) is 4.88 Å². The van der Waals surface area contributed by atoms with Gasteiger partial charge in [-0.05, 0) is 13.8 Å². The van der Waals surface area contributed by atoms with Gasteiger partial charge in [0.15, 0.2) is 0 Å². The summed E-state index contributed by atoms with van der Waals surface area (Å²) in [5, 5.41) is 9.53. The van der Waals surface area contributed by atoms with Crippen LogP contribution in [0.15, 0.2) is 11.7 Å². The van der Waals surface area contributed by atoms with Crippen molar-refractivity contribution in [1.29, 1.82) is 0 Å². The first-order valence-electron chi connectivity index (χ1n) is 4.26. The summed E-state index contributed by atoms with van der Waals surface area (Å²) in [6.45, 7) is 3.65. The summed E-state index contributed by atoms with van der Waals surface area (Å²) < 4.78 is 0. The molecule has 1 N–H and O–H groups in total. The number of thiazole rings is 1. The Morgan fingerprint density at radius 3 is 2.79 bits per heavy atom. The lowest BCUT2D eigenvalue weighted by molar-refractivity contribution is 0.0370. The summed E-state index contributed by atoms with van der Waals surface area (Å²) in [5.74, 6) is -0.102. The molecule has 1 aromatic heterocycles. The predicted molar refractivity (Wildman–Crippen MR) is 55.4 cm³/mol. The number of carbonyl (C=O) groups is 1. The van der Waals surface area contributed by atoms with E-state index in [4.69, 9.17) is 0 Å². The molecule has 0 bridgehead atoms. The van der Waals surface area contributed by atoms with Crippen molar-refractivity contribution in [1.82, 2.24) is 9.88 Å². The number of aromatic nitrogens is 1. The maximum atomic E-state index is 11.7. The first-order chi connectivity index (χ1) is 6.40. The van der Waals surface area contributed by atoms with Gasteiger partial charge < -0.3 is 10.0 Å². The second-order valence-corrected chi connectivity index (χ2v) is 4.73. The predicted octanol–water partition coefficient (Wildman–Crippen LogP) is 0.986. The molecular formula is C9H14N2O2S. The molecular weight excluding hydrogens is 200 g/mol. The molecule has 1 rings (SSSR count). The van der Waals surface area contributed by atoms with Crippen LogP contribution in [0.3, 0.4) is 0 Å². The number of carbonyl (C=O) groups excluding carboxylic acids is 1. The summed E-state index contributed by atoms with van der Waals surface area (Å²) in [5.41, 5.74) is 0.750. The highest BCUT2D eigenvalue weighted by Crippen LogP contribution is 2.11. The van der Waals surface area contributed by atoms with E-state index in [1.807, 2.05) is 0 Å². The second-order valence-electron chi connectivity index (χ2n) is 3.84. The number of amides is 1. The Balaban J connectivity index is 2.63. The standard InChI is InChI=1S/C9H14N2O2S/c1-9(2,13)5-11(3)8(12)7-4-10-6-14-7/h4,6,13H,5H2,1-3H3. The van der Waals surface area contributed by atoms with E-state index in [1.165, 1.54) is 22.4 Å². The molecule has 0 unspecified atom stereocenters. The van der Waals surface area contributed by atoms with Crippen molar-refractivity contribution < 1.29 is 9.90 Å². The molecule has 0 aromatic carbocycles. The third kappa shape index (κ3) is 3.08. The number of rotatable bonds is 3. The average molecular weight is 214 g/mol. The van der Waals surface area contributed by atoms with Crippen LogP contribution in [-0.2, 0) is 0 Å². The Hall–Kier alpha value is -0.940. The van der Waals surface area contributed by atoms with Crippen LogP contribution in [0.2, 0.25) is 0 Å². The molecule has 0 spiro atoms. The largest absolute Gasteiger partial charge is 0.389 e. The quantitative estimate of drug-likeness (QED) is 0.816. The van der Waals surface area contributed by atoms with Crippen LogP contribution in [0, 0.1) is 0 Å². The summed E-state index contributed by atoms with van der Waals surface area (Å²) in [4.78, 5) is 17.6. The van der Waals surface area contributed by atoms with Crippen molar-refractivity contribution in [2.24, 2.45) is 0 Å². The van der Waals surface area contributed by atoms with Crippen molar-refractivity contribution in [3.63, 3.8) is 0 Å². The highest BCUT2D eigenvalue weighted by molar-refractivity contribution is 7.11. The molecule has 0 fully saturated rings. The summed E-state index contributed by atoms with van der Waals surface area (Å²) in [7, 11) is 1.67. The van der Waals surface area contributed by atoms with E-state index in [1.54, 1.807) is 26.4 Å². The third-order valence-electron chi connectivity index (χ3n) is 1.61. The second kappa shape index (κ2) is 4.06. The molecule has 0 radical (unpaired) electrons. The minimum atomic E-state index is -0.866. The average Bonchev–Trinajstić information content (AvgIpc) is 2.51. The Morgan fingerprint density at radius 1 is 1.71 bits per heavy atom. The summed E-state index contributed by atoms with van der Waals surface area (Å²) >= 11 is 1.30. The third-order valence-corrected chi connectivity index (χ3v) is 2.38. The molecule has 0 aliphatic heterocycles. The van der Waals surface area contributed by atoms with E-state index in [0.29, 0.717) is 11.4 Å². The van der Waals surface area contributed by atoms with E-state index in [2.05, 4.69) is 4.98 Å². The molecule has 1 amide bonds. The van der Waals surface area contributed by atoms with Gasteiger partial charge in [0.05, 0.1) is 17.3 Å². The first kappa shape index (κ1) is 11.1. The number of hydrogen-bond acceptors (Lipinski definition) is 4. The van der Waals surface area contributed by atoms with Crippen molar-refractivity contribution in [3.8, 4) is 0 Å². The minimum Gasteiger partial charge on any atom is -0.389 e. The fraction of sp³-hybridized carbons (Fsp3) is 0.556. The van der Waals surface area contributed by atoms with Gasteiger partial charge in [-0.1, -0.05) is 0 Å². The lowest BCUT2D eigenvalue weighted by Gasteiger charge is -2.24. The van der Waals surface area contributed by atoms with Gasteiger partial charge >= 0.3 is 0 Å². The van der Waals surface area contributed by atoms with Gasteiger partial charge in [0.25, 0.3) is 5.91 Å². The smallest absolute Gasteiger partial charge is 0.265 e. The topological polar surface area (TPSA) is 53.4 Å². The van der Waals surface area contributed by atoms with E-state index < -0.39 is 5.60 Å².